The summed E-state index contributed by atoms with van der Waals surface area (Å²) in [4.78, 5) is 26.2. The number of nitrogens with zero attached hydrogens (tertiary/aromatic N) is 1. The third-order valence-corrected chi connectivity index (χ3v) is 7.01. The molecule has 0 spiro atoms. The molecule has 1 fully saturated rings. The molecule has 1 aliphatic heterocycles. The fourth-order valence-corrected chi connectivity index (χ4v) is 5.01. The predicted molar refractivity (Wildman–Crippen MR) is 100.0 cm³/mol. The minimum Gasteiger partial charge on any atom is -0.465 e. The highest BCUT2D eigenvalue weighted by molar-refractivity contribution is 7.93. The van der Waals surface area contributed by atoms with Crippen molar-refractivity contribution in [2.75, 3.05) is 19.7 Å². The van der Waals surface area contributed by atoms with Gasteiger partial charge in [0.2, 0.25) is 0 Å². The van der Waals surface area contributed by atoms with Gasteiger partial charge in [-0.1, -0.05) is 0 Å². The standard InChI is InChI=1S/C19H26FNO6S/c1-5-26-16(22)19(28(24,25)15-8-6-14(20)7-9-15)10-12-21(13-11-19)17(23)27-18(2,3)4/h6-9H,5,10-13H2,1-4H3. The Kier molecular flexibility index (Phi) is 6.37. The second kappa shape index (κ2) is 8.06. The lowest BCUT2D eigenvalue weighted by atomic mass is 9.96. The summed E-state index contributed by atoms with van der Waals surface area (Å²) in [6, 6.07) is 4.32. The second-order valence-corrected chi connectivity index (χ2v) is 9.90. The number of carbonyl (C=O) groups excluding carboxylic acids is 2. The summed E-state index contributed by atoms with van der Waals surface area (Å²) in [5.41, 5.74) is -0.688. The van der Waals surface area contributed by atoms with Gasteiger partial charge in [-0.3, -0.25) is 4.79 Å². The molecule has 0 N–H and O–H groups in total. The summed E-state index contributed by atoms with van der Waals surface area (Å²) < 4.78 is 48.3. The summed E-state index contributed by atoms with van der Waals surface area (Å²) in [5, 5.41) is 0. The van der Waals surface area contributed by atoms with Crippen molar-refractivity contribution in [3.63, 3.8) is 0 Å². The zero-order chi connectivity index (χ0) is 21.2. The number of rotatable bonds is 4. The van der Waals surface area contributed by atoms with Crippen LogP contribution in [0.2, 0.25) is 0 Å². The van der Waals surface area contributed by atoms with Crippen molar-refractivity contribution in [2.24, 2.45) is 0 Å². The Bertz CT molecular complexity index is 821. The van der Waals surface area contributed by atoms with Crippen LogP contribution in [0.3, 0.4) is 0 Å². The van der Waals surface area contributed by atoms with Crippen molar-refractivity contribution < 1.29 is 31.9 Å². The van der Waals surface area contributed by atoms with E-state index in [2.05, 4.69) is 0 Å². The van der Waals surface area contributed by atoms with Gasteiger partial charge >= 0.3 is 12.1 Å². The van der Waals surface area contributed by atoms with E-state index in [9.17, 15) is 22.4 Å². The first-order valence-corrected chi connectivity index (χ1v) is 10.6. The quantitative estimate of drug-likeness (QED) is 0.555. The molecule has 0 aliphatic carbocycles. The van der Waals surface area contributed by atoms with Gasteiger partial charge in [-0.2, -0.15) is 0 Å². The number of hydrogen-bond donors (Lipinski definition) is 0. The number of likely N-dealkylation sites (tertiary alicyclic amines) is 1. The van der Waals surface area contributed by atoms with Crippen LogP contribution in [0.25, 0.3) is 0 Å². The molecule has 2 rings (SSSR count). The predicted octanol–water partition coefficient (Wildman–Crippen LogP) is 2.93. The molecule has 7 nitrogen and oxygen atoms in total. The number of carbonyl (C=O) groups is 2. The smallest absolute Gasteiger partial charge is 0.410 e. The van der Waals surface area contributed by atoms with E-state index in [1.807, 2.05) is 0 Å². The van der Waals surface area contributed by atoms with Gasteiger partial charge in [0.05, 0.1) is 11.5 Å². The van der Waals surface area contributed by atoms with Crippen molar-refractivity contribution >= 4 is 21.9 Å². The number of amides is 1. The number of hydrogen-bond acceptors (Lipinski definition) is 6. The third kappa shape index (κ3) is 4.45. The van der Waals surface area contributed by atoms with Gasteiger partial charge in [-0.15, -0.1) is 0 Å². The molecule has 1 saturated heterocycles. The van der Waals surface area contributed by atoms with Crippen LogP contribution in [0.1, 0.15) is 40.5 Å². The van der Waals surface area contributed by atoms with Crippen LogP contribution < -0.4 is 0 Å². The van der Waals surface area contributed by atoms with Crippen molar-refractivity contribution in [1.82, 2.24) is 4.90 Å². The average molecular weight is 415 g/mol. The molecule has 156 valence electrons. The first kappa shape index (κ1) is 22.1. The number of halogens is 1. The molecular formula is C19H26FNO6S. The van der Waals surface area contributed by atoms with Crippen LogP contribution >= 0.6 is 0 Å². The van der Waals surface area contributed by atoms with E-state index < -0.39 is 38.1 Å². The molecule has 0 saturated carbocycles. The summed E-state index contributed by atoms with van der Waals surface area (Å²) in [6.07, 6.45) is -0.834. The van der Waals surface area contributed by atoms with Crippen LogP contribution in [-0.4, -0.2) is 55.4 Å². The Morgan fingerprint density at radius 3 is 2.14 bits per heavy atom. The molecule has 0 atom stereocenters. The van der Waals surface area contributed by atoms with Crippen LogP contribution in [-0.2, 0) is 24.1 Å². The van der Waals surface area contributed by atoms with E-state index in [0.29, 0.717) is 0 Å². The van der Waals surface area contributed by atoms with Gasteiger partial charge in [0.25, 0.3) is 0 Å². The molecule has 0 bridgehead atoms. The fraction of sp³-hybridized carbons (Fsp3) is 0.579. The Morgan fingerprint density at radius 1 is 1.14 bits per heavy atom. The van der Waals surface area contributed by atoms with Gasteiger partial charge in [-0.25, -0.2) is 17.6 Å². The van der Waals surface area contributed by atoms with Crippen LogP contribution in [0.15, 0.2) is 29.2 Å². The number of esters is 1. The van der Waals surface area contributed by atoms with E-state index in [-0.39, 0.29) is 37.4 Å². The minimum absolute atomic E-state index is 0.0220. The summed E-state index contributed by atoms with van der Waals surface area (Å²) in [5.74, 6) is -1.44. The SMILES string of the molecule is CCOC(=O)C1(S(=O)(=O)c2ccc(F)cc2)CCN(C(=O)OC(C)(C)C)CC1. The molecule has 1 aromatic rings. The molecule has 28 heavy (non-hydrogen) atoms. The Balaban J connectivity index is 2.33. The van der Waals surface area contributed by atoms with E-state index in [1.165, 1.54) is 4.90 Å². The maximum absolute atomic E-state index is 13.3. The number of sulfone groups is 1. The number of piperidine rings is 1. The Morgan fingerprint density at radius 2 is 1.68 bits per heavy atom. The third-order valence-electron chi connectivity index (χ3n) is 4.51. The molecule has 1 heterocycles. The van der Waals surface area contributed by atoms with Crippen molar-refractivity contribution in [3.05, 3.63) is 30.1 Å². The molecule has 1 amide bonds. The largest absolute Gasteiger partial charge is 0.465 e. The van der Waals surface area contributed by atoms with Gasteiger partial charge in [0.15, 0.2) is 14.6 Å². The van der Waals surface area contributed by atoms with Crippen LogP contribution in [0.5, 0.6) is 0 Å². The Hall–Kier alpha value is -2.16. The topological polar surface area (TPSA) is 90.0 Å². The van der Waals surface area contributed by atoms with Gasteiger partial charge < -0.3 is 14.4 Å². The first-order valence-electron chi connectivity index (χ1n) is 9.08. The zero-order valence-corrected chi connectivity index (χ0v) is 17.3. The summed E-state index contributed by atoms with van der Waals surface area (Å²) in [6.45, 7) is 6.85. The molecule has 1 aromatic carbocycles. The Labute approximate surface area is 164 Å². The highest BCUT2D eigenvalue weighted by Gasteiger charge is 2.54. The van der Waals surface area contributed by atoms with E-state index in [1.54, 1.807) is 27.7 Å². The van der Waals surface area contributed by atoms with E-state index in [0.717, 1.165) is 24.3 Å². The molecule has 0 aromatic heterocycles. The molecule has 0 unspecified atom stereocenters. The lowest BCUT2D eigenvalue weighted by Gasteiger charge is -2.39. The van der Waals surface area contributed by atoms with Gasteiger partial charge in [0.1, 0.15) is 11.4 Å². The molecule has 1 aliphatic rings. The van der Waals surface area contributed by atoms with Crippen molar-refractivity contribution in [3.8, 4) is 0 Å². The van der Waals surface area contributed by atoms with Crippen molar-refractivity contribution in [1.29, 1.82) is 0 Å². The fourth-order valence-electron chi connectivity index (χ4n) is 3.06. The highest BCUT2D eigenvalue weighted by atomic mass is 32.2. The average Bonchev–Trinajstić information content (AvgIpc) is 2.60. The molecule has 0 radical (unpaired) electrons. The normalized spacial score (nSPS) is 17.1. The van der Waals surface area contributed by atoms with Crippen LogP contribution in [0, 0.1) is 5.82 Å². The minimum atomic E-state index is -4.17. The lowest BCUT2D eigenvalue weighted by Crippen LogP contribution is -2.56. The van der Waals surface area contributed by atoms with Gasteiger partial charge in [-0.05, 0) is 64.8 Å². The van der Waals surface area contributed by atoms with Crippen molar-refractivity contribution in [2.45, 2.75) is 55.8 Å². The van der Waals surface area contributed by atoms with Crippen LogP contribution in [0.4, 0.5) is 9.18 Å². The van der Waals surface area contributed by atoms with E-state index in [4.69, 9.17) is 9.47 Å². The second-order valence-electron chi connectivity index (χ2n) is 7.64. The maximum atomic E-state index is 13.3. The number of benzene rings is 1. The summed E-state index contributed by atoms with van der Waals surface area (Å²) in [7, 11) is -4.17. The lowest BCUT2D eigenvalue weighted by molar-refractivity contribution is -0.147. The molecule has 9 heteroatoms. The maximum Gasteiger partial charge on any atom is 0.410 e. The first-order chi connectivity index (χ1) is 12.9. The van der Waals surface area contributed by atoms with E-state index >= 15 is 0 Å². The summed E-state index contributed by atoms with van der Waals surface area (Å²) >= 11 is 0. The monoisotopic (exact) mass is 415 g/mol. The number of ether oxygens (including phenoxy) is 2. The highest BCUT2D eigenvalue weighted by Crippen LogP contribution is 2.37. The zero-order valence-electron chi connectivity index (χ0n) is 16.5. The van der Waals surface area contributed by atoms with Gasteiger partial charge in [0, 0.05) is 13.1 Å². The molecular weight excluding hydrogens is 389 g/mol.